The fourth-order valence-corrected chi connectivity index (χ4v) is 1.44. The van der Waals surface area contributed by atoms with Gasteiger partial charge in [0.1, 0.15) is 5.75 Å². The molecule has 1 rings (SSSR count). The summed E-state index contributed by atoms with van der Waals surface area (Å²) in [5.74, 6) is -0.0339. The number of carbonyl (C=O) groups excluding carboxylic acids is 1. The number of rotatable bonds is 5. The van der Waals surface area contributed by atoms with Crippen molar-refractivity contribution >= 4 is 5.78 Å². The molecular weight excluding hydrogens is 188 g/mol. The maximum atomic E-state index is 11.2. The maximum Gasteiger partial charge on any atom is 0.163 e. The van der Waals surface area contributed by atoms with Crippen molar-refractivity contribution in [2.24, 2.45) is 0 Å². The van der Waals surface area contributed by atoms with E-state index in [9.17, 15) is 9.90 Å². The number of Topliss-reactive ketones (excluding diaryl/α,β-unsaturated/α-hetero) is 1. The number of hydrogen-bond donors (Lipinski definition) is 1. The van der Waals surface area contributed by atoms with Crippen LogP contribution in [-0.4, -0.2) is 10.9 Å². The van der Waals surface area contributed by atoms with Gasteiger partial charge in [-0.3, -0.25) is 4.79 Å². The predicted molar refractivity (Wildman–Crippen MR) is 61.0 cm³/mol. The Morgan fingerprint density at radius 2 is 2.20 bits per heavy atom. The summed E-state index contributed by atoms with van der Waals surface area (Å²) in [7, 11) is 0. The first-order valence-electron chi connectivity index (χ1n) is 5.32. The van der Waals surface area contributed by atoms with Crippen LogP contribution in [-0.2, 0) is 0 Å². The summed E-state index contributed by atoms with van der Waals surface area (Å²) in [6.45, 7) is 3.61. The lowest BCUT2D eigenvalue weighted by molar-refractivity contribution is 0.101. The van der Waals surface area contributed by atoms with Crippen molar-refractivity contribution in [1.82, 2.24) is 0 Å². The first-order chi connectivity index (χ1) is 7.15. The average molecular weight is 205 g/mol. The molecule has 0 aliphatic rings. The van der Waals surface area contributed by atoms with Crippen LogP contribution in [0.1, 0.15) is 49.0 Å². The summed E-state index contributed by atoms with van der Waals surface area (Å²) >= 11 is 0. The summed E-state index contributed by atoms with van der Waals surface area (Å²) in [5, 5.41) is 9.44. The summed E-state index contributed by atoms with van der Waals surface area (Å²) < 4.78 is 0. The van der Waals surface area contributed by atoms with Crippen molar-refractivity contribution in [3.05, 3.63) is 35.7 Å². The van der Waals surface area contributed by atoms with E-state index in [4.69, 9.17) is 0 Å². The molecule has 0 spiro atoms. The zero-order valence-electron chi connectivity index (χ0n) is 9.29. The predicted octanol–water partition coefficient (Wildman–Crippen LogP) is 3.34. The second-order valence-electron chi connectivity index (χ2n) is 3.68. The SMILES string of the molecule is CCCC[CH]c1ccc(O)c(C(C)=O)c1. The molecule has 0 fully saturated rings. The number of hydrogen-bond acceptors (Lipinski definition) is 2. The Balaban J connectivity index is 2.74. The van der Waals surface area contributed by atoms with E-state index in [0.29, 0.717) is 5.56 Å². The smallest absolute Gasteiger partial charge is 0.163 e. The van der Waals surface area contributed by atoms with Crippen molar-refractivity contribution in [2.75, 3.05) is 0 Å². The molecule has 81 valence electrons. The largest absolute Gasteiger partial charge is 0.507 e. The van der Waals surface area contributed by atoms with Crippen LogP contribution in [0.2, 0.25) is 0 Å². The van der Waals surface area contributed by atoms with Crippen LogP contribution >= 0.6 is 0 Å². The fourth-order valence-electron chi connectivity index (χ4n) is 1.44. The topological polar surface area (TPSA) is 37.3 Å². The molecule has 2 nitrogen and oxygen atoms in total. The number of unbranched alkanes of at least 4 members (excludes halogenated alkanes) is 2. The summed E-state index contributed by atoms with van der Waals surface area (Å²) in [5.41, 5.74) is 1.41. The summed E-state index contributed by atoms with van der Waals surface area (Å²) in [6.07, 6.45) is 5.42. The van der Waals surface area contributed by atoms with Crippen molar-refractivity contribution < 1.29 is 9.90 Å². The monoisotopic (exact) mass is 205 g/mol. The van der Waals surface area contributed by atoms with Gasteiger partial charge in [-0.25, -0.2) is 0 Å². The molecule has 0 aliphatic heterocycles. The van der Waals surface area contributed by atoms with Gasteiger partial charge in [-0.15, -0.1) is 0 Å². The van der Waals surface area contributed by atoms with E-state index < -0.39 is 0 Å². The molecule has 1 N–H and O–H groups in total. The number of phenolic OH excluding ortho intramolecular Hbond substituents is 1. The molecule has 0 amide bonds. The Kier molecular flexibility index (Phi) is 4.35. The molecule has 0 bridgehead atoms. The lowest BCUT2D eigenvalue weighted by Gasteiger charge is -2.04. The lowest BCUT2D eigenvalue weighted by atomic mass is 10.0. The highest BCUT2D eigenvalue weighted by molar-refractivity contribution is 5.96. The van der Waals surface area contributed by atoms with E-state index in [-0.39, 0.29) is 11.5 Å². The Morgan fingerprint density at radius 3 is 2.80 bits per heavy atom. The minimum absolute atomic E-state index is 0.0649. The first kappa shape index (κ1) is 11.8. The average Bonchev–Trinajstić information content (AvgIpc) is 2.20. The Morgan fingerprint density at radius 1 is 1.47 bits per heavy atom. The number of carbonyl (C=O) groups is 1. The van der Waals surface area contributed by atoms with Gasteiger partial charge in [-0.2, -0.15) is 0 Å². The third-order valence-electron chi connectivity index (χ3n) is 2.34. The van der Waals surface area contributed by atoms with Crippen molar-refractivity contribution in [1.29, 1.82) is 0 Å². The summed E-state index contributed by atoms with van der Waals surface area (Å²) in [4.78, 5) is 11.2. The van der Waals surface area contributed by atoms with E-state index in [1.807, 2.05) is 6.07 Å². The second kappa shape index (κ2) is 5.54. The van der Waals surface area contributed by atoms with Gasteiger partial charge in [0.25, 0.3) is 0 Å². The van der Waals surface area contributed by atoms with Gasteiger partial charge in [0, 0.05) is 0 Å². The van der Waals surface area contributed by atoms with Crippen molar-refractivity contribution in [3.63, 3.8) is 0 Å². The highest BCUT2D eigenvalue weighted by Gasteiger charge is 2.06. The lowest BCUT2D eigenvalue weighted by Crippen LogP contribution is -1.94. The molecule has 0 aromatic heterocycles. The van der Waals surface area contributed by atoms with E-state index in [0.717, 1.165) is 24.8 Å². The first-order valence-corrected chi connectivity index (χ1v) is 5.32. The van der Waals surface area contributed by atoms with Crippen LogP contribution in [0.15, 0.2) is 18.2 Å². The van der Waals surface area contributed by atoms with E-state index in [2.05, 4.69) is 13.3 Å². The molecule has 15 heavy (non-hydrogen) atoms. The Bertz CT molecular complexity index is 342. The fraction of sp³-hybridized carbons (Fsp3) is 0.385. The van der Waals surface area contributed by atoms with E-state index in [1.54, 1.807) is 12.1 Å². The quantitative estimate of drug-likeness (QED) is 0.591. The number of aromatic hydroxyl groups is 1. The molecule has 1 radical (unpaired) electrons. The van der Waals surface area contributed by atoms with Crippen LogP contribution in [0.3, 0.4) is 0 Å². The molecule has 0 saturated carbocycles. The molecule has 0 aliphatic carbocycles. The molecule has 0 saturated heterocycles. The van der Waals surface area contributed by atoms with Gasteiger partial charge < -0.3 is 5.11 Å². The molecule has 1 aromatic rings. The molecular formula is C13H17O2. The zero-order chi connectivity index (χ0) is 11.3. The zero-order valence-corrected chi connectivity index (χ0v) is 9.29. The number of phenols is 1. The van der Waals surface area contributed by atoms with Crippen molar-refractivity contribution in [2.45, 2.75) is 33.1 Å². The summed E-state index contributed by atoms with van der Waals surface area (Å²) in [6, 6.07) is 5.15. The van der Waals surface area contributed by atoms with Crippen molar-refractivity contribution in [3.8, 4) is 5.75 Å². The van der Waals surface area contributed by atoms with Crippen LogP contribution < -0.4 is 0 Å². The standard InChI is InChI=1S/C13H17O2/c1-3-4-5-6-11-7-8-13(15)12(9-11)10(2)14/h6-9,15H,3-5H2,1-2H3. The van der Waals surface area contributed by atoms with E-state index >= 15 is 0 Å². The van der Waals surface area contributed by atoms with Crippen LogP contribution in [0.25, 0.3) is 0 Å². The minimum Gasteiger partial charge on any atom is -0.507 e. The van der Waals surface area contributed by atoms with Gasteiger partial charge in [0.15, 0.2) is 5.78 Å². The van der Waals surface area contributed by atoms with Gasteiger partial charge in [0.2, 0.25) is 0 Å². The van der Waals surface area contributed by atoms with Crippen LogP contribution in [0, 0.1) is 6.42 Å². The molecule has 1 aromatic carbocycles. The second-order valence-corrected chi connectivity index (χ2v) is 3.68. The number of benzene rings is 1. The Hall–Kier alpha value is -1.31. The van der Waals surface area contributed by atoms with Gasteiger partial charge in [-0.1, -0.05) is 25.8 Å². The van der Waals surface area contributed by atoms with Gasteiger partial charge in [-0.05, 0) is 37.5 Å². The Labute approximate surface area is 90.9 Å². The molecule has 0 unspecified atom stereocenters. The molecule has 2 heteroatoms. The van der Waals surface area contributed by atoms with Gasteiger partial charge in [0.05, 0.1) is 5.56 Å². The molecule has 0 atom stereocenters. The van der Waals surface area contributed by atoms with Crippen LogP contribution in [0.5, 0.6) is 5.75 Å². The van der Waals surface area contributed by atoms with Crippen LogP contribution in [0.4, 0.5) is 0 Å². The van der Waals surface area contributed by atoms with Gasteiger partial charge >= 0.3 is 0 Å². The third-order valence-corrected chi connectivity index (χ3v) is 2.34. The third kappa shape index (κ3) is 3.39. The minimum atomic E-state index is -0.0989. The maximum absolute atomic E-state index is 11.2. The highest BCUT2D eigenvalue weighted by atomic mass is 16.3. The highest BCUT2D eigenvalue weighted by Crippen LogP contribution is 2.20. The normalized spacial score (nSPS) is 10.3. The molecule has 0 heterocycles. The van der Waals surface area contributed by atoms with E-state index in [1.165, 1.54) is 6.92 Å². The number of ketones is 1.